The summed E-state index contributed by atoms with van der Waals surface area (Å²) >= 11 is 5.91. The first-order valence-corrected chi connectivity index (χ1v) is 9.92. The zero-order valence-corrected chi connectivity index (χ0v) is 17.5. The van der Waals surface area contributed by atoms with E-state index >= 15 is 0 Å². The molecule has 0 saturated heterocycles. The zero-order valence-electron chi connectivity index (χ0n) is 16.7. The first-order valence-electron chi connectivity index (χ1n) is 9.54. The van der Waals surface area contributed by atoms with Gasteiger partial charge in [-0.1, -0.05) is 29.8 Å². The molecule has 0 atom stereocenters. The van der Waals surface area contributed by atoms with E-state index in [1.165, 1.54) is 0 Å². The number of nitrogens with one attached hydrogen (secondary N) is 1. The maximum Gasteiger partial charge on any atom is 0.292 e. The molecule has 0 aliphatic rings. The van der Waals surface area contributed by atoms with Crippen LogP contribution < -0.4 is 14.8 Å². The number of nitrogens with zero attached hydrogens (tertiary/aromatic N) is 2. The maximum absolute atomic E-state index is 12.5. The molecular formula is C23H20ClN3O4. The molecule has 0 bridgehead atoms. The Hall–Kier alpha value is -3.71. The molecule has 4 aromatic rings. The maximum atomic E-state index is 12.5. The normalized spacial score (nSPS) is 10.6. The first-order chi connectivity index (χ1) is 15.1. The van der Waals surface area contributed by atoms with Gasteiger partial charge in [0.25, 0.3) is 5.91 Å². The van der Waals surface area contributed by atoms with E-state index in [4.69, 9.17) is 25.5 Å². The number of carbonyl (C=O) groups is 1. The van der Waals surface area contributed by atoms with Gasteiger partial charge >= 0.3 is 0 Å². The molecule has 0 radical (unpaired) electrons. The van der Waals surface area contributed by atoms with Crippen LogP contribution >= 0.6 is 11.6 Å². The highest BCUT2D eigenvalue weighted by molar-refractivity contribution is 6.30. The largest absolute Gasteiger partial charge is 0.497 e. The smallest absolute Gasteiger partial charge is 0.292 e. The topological polar surface area (TPSA) is 78.5 Å². The molecule has 1 N–H and O–H groups in total. The summed E-state index contributed by atoms with van der Waals surface area (Å²) in [7, 11) is 1.59. The Morgan fingerprint density at radius 2 is 1.90 bits per heavy atom. The van der Waals surface area contributed by atoms with E-state index in [0.717, 1.165) is 5.56 Å². The van der Waals surface area contributed by atoms with E-state index in [9.17, 15) is 4.79 Å². The van der Waals surface area contributed by atoms with Gasteiger partial charge in [0.2, 0.25) is 0 Å². The van der Waals surface area contributed by atoms with Gasteiger partial charge in [-0.25, -0.2) is 0 Å². The number of benzene rings is 2. The lowest BCUT2D eigenvalue weighted by Gasteiger charge is -2.06. The van der Waals surface area contributed by atoms with Crippen LogP contribution in [0.15, 0.2) is 77.3 Å². The number of hydrogen-bond donors (Lipinski definition) is 1. The molecule has 0 unspecified atom stereocenters. The molecule has 0 saturated carbocycles. The predicted molar refractivity (Wildman–Crippen MR) is 117 cm³/mol. The fourth-order valence-corrected chi connectivity index (χ4v) is 3.02. The minimum absolute atomic E-state index is 0.177. The summed E-state index contributed by atoms with van der Waals surface area (Å²) in [5.74, 6) is 2.10. The van der Waals surface area contributed by atoms with Crippen molar-refractivity contribution in [2.45, 2.75) is 13.2 Å². The van der Waals surface area contributed by atoms with Crippen LogP contribution in [0.1, 0.15) is 21.9 Å². The third-order valence-electron chi connectivity index (χ3n) is 4.45. The number of amides is 1. The van der Waals surface area contributed by atoms with Crippen molar-refractivity contribution in [3.05, 3.63) is 95.0 Å². The number of carbonyl (C=O) groups excluding carboxylic acids is 1. The Kier molecular flexibility index (Phi) is 6.24. The van der Waals surface area contributed by atoms with Gasteiger partial charge in [0.05, 0.1) is 13.7 Å². The van der Waals surface area contributed by atoms with Crippen molar-refractivity contribution in [1.82, 2.24) is 9.78 Å². The summed E-state index contributed by atoms with van der Waals surface area (Å²) in [5, 5.41) is 7.78. The number of methoxy groups -OCH3 is 1. The summed E-state index contributed by atoms with van der Waals surface area (Å²) < 4.78 is 18.2. The molecule has 0 fully saturated rings. The van der Waals surface area contributed by atoms with E-state index in [-0.39, 0.29) is 18.3 Å². The quantitative estimate of drug-likeness (QED) is 0.419. The molecular weight excluding hydrogens is 418 g/mol. The van der Waals surface area contributed by atoms with Crippen molar-refractivity contribution in [2.75, 3.05) is 12.4 Å². The average molecular weight is 438 g/mol. The first kappa shape index (κ1) is 20.6. The van der Waals surface area contributed by atoms with E-state index in [2.05, 4.69) is 10.4 Å². The number of hydrogen-bond acceptors (Lipinski definition) is 5. The van der Waals surface area contributed by atoms with Crippen LogP contribution in [0.3, 0.4) is 0 Å². The molecule has 4 rings (SSSR count). The van der Waals surface area contributed by atoms with Crippen molar-refractivity contribution in [1.29, 1.82) is 0 Å². The summed E-state index contributed by atoms with van der Waals surface area (Å²) in [4.78, 5) is 12.5. The second-order valence-electron chi connectivity index (χ2n) is 6.71. The van der Waals surface area contributed by atoms with Gasteiger partial charge in [0.1, 0.15) is 23.9 Å². The van der Waals surface area contributed by atoms with Crippen LogP contribution in [-0.4, -0.2) is 22.8 Å². The van der Waals surface area contributed by atoms with Gasteiger partial charge in [-0.3, -0.25) is 9.48 Å². The lowest BCUT2D eigenvalue weighted by Crippen LogP contribution is -2.12. The Balaban J connectivity index is 1.32. The van der Waals surface area contributed by atoms with E-state index in [0.29, 0.717) is 34.6 Å². The standard InChI is InChI=1S/C23H20ClN3O4/c1-29-18-3-2-4-19(13-18)30-15-20-9-10-21(31-20)23(28)25-22-11-12-27(26-22)14-16-5-7-17(24)8-6-16/h2-13H,14-15H2,1H3,(H,25,26,28). The molecule has 1 amide bonds. The van der Waals surface area contributed by atoms with E-state index in [1.54, 1.807) is 42.3 Å². The van der Waals surface area contributed by atoms with Crippen LogP contribution in [0.25, 0.3) is 0 Å². The fraction of sp³-hybridized carbons (Fsp3) is 0.130. The zero-order chi connectivity index (χ0) is 21.6. The van der Waals surface area contributed by atoms with Gasteiger partial charge in [-0.15, -0.1) is 0 Å². The van der Waals surface area contributed by atoms with E-state index in [1.807, 2.05) is 42.5 Å². The van der Waals surface area contributed by atoms with Gasteiger partial charge < -0.3 is 19.2 Å². The number of ether oxygens (including phenoxy) is 2. The van der Waals surface area contributed by atoms with Crippen LogP contribution in [0.5, 0.6) is 11.5 Å². The molecule has 2 heterocycles. The summed E-state index contributed by atoms with van der Waals surface area (Å²) in [6.07, 6.45) is 1.79. The highest BCUT2D eigenvalue weighted by Gasteiger charge is 2.13. The number of rotatable bonds is 8. The van der Waals surface area contributed by atoms with Crippen molar-refractivity contribution < 1.29 is 18.7 Å². The second kappa shape index (κ2) is 9.40. The number of anilines is 1. The molecule has 158 valence electrons. The minimum Gasteiger partial charge on any atom is -0.497 e. The monoisotopic (exact) mass is 437 g/mol. The highest BCUT2D eigenvalue weighted by atomic mass is 35.5. The predicted octanol–water partition coefficient (Wildman–Crippen LogP) is 5.02. The molecule has 31 heavy (non-hydrogen) atoms. The molecule has 0 aliphatic carbocycles. The fourth-order valence-electron chi connectivity index (χ4n) is 2.89. The average Bonchev–Trinajstić information content (AvgIpc) is 3.44. The highest BCUT2D eigenvalue weighted by Crippen LogP contribution is 2.21. The Morgan fingerprint density at radius 1 is 1.10 bits per heavy atom. The molecule has 0 spiro atoms. The Bertz CT molecular complexity index is 1170. The van der Waals surface area contributed by atoms with Gasteiger partial charge in [-0.05, 0) is 42.0 Å². The van der Waals surface area contributed by atoms with Crippen LogP contribution in [0.4, 0.5) is 5.82 Å². The third-order valence-corrected chi connectivity index (χ3v) is 4.70. The van der Waals surface area contributed by atoms with Crippen molar-refractivity contribution in [2.24, 2.45) is 0 Å². The minimum atomic E-state index is -0.385. The Labute approximate surface area is 184 Å². The van der Waals surface area contributed by atoms with Gasteiger partial charge in [0, 0.05) is 23.4 Å². The summed E-state index contributed by atoms with van der Waals surface area (Å²) in [6, 6.07) is 19.8. The van der Waals surface area contributed by atoms with Crippen molar-refractivity contribution in [3.8, 4) is 11.5 Å². The van der Waals surface area contributed by atoms with Crippen molar-refractivity contribution >= 4 is 23.3 Å². The van der Waals surface area contributed by atoms with Crippen molar-refractivity contribution in [3.63, 3.8) is 0 Å². The lowest BCUT2D eigenvalue weighted by atomic mass is 10.2. The number of aromatic nitrogens is 2. The SMILES string of the molecule is COc1cccc(OCc2ccc(C(=O)Nc3ccn(Cc4ccc(Cl)cc4)n3)o2)c1. The van der Waals surface area contributed by atoms with Crippen LogP contribution in [-0.2, 0) is 13.2 Å². The summed E-state index contributed by atoms with van der Waals surface area (Å²) in [6.45, 7) is 0.760. The molecule has 0 aliphatic heterocycles. The molecule has 2 aromatic heterocycles. The molecule has 2 aromatic carbocycles. The molecule has 8 heteroatoms. The van der Waals surface area contributed by atoms with E-state index < -0.39 is 0 Å². The second-order valence-corrected chi connectivity index (χ2v) is 7.15. The van der Waals surface area contributed by atoms with Gasteiger partial charge in [-0.2, -0.15) is 5.10 Å². The third kappa shape index (κ3) is 5.46. The van der Waals surface area contributed by atoms with Crippen LogP contribution in [0, 0.1) is 0 Å². The summed E-state index contributed by atoms with van der Waals surface area (Å²) in [5.41, 5.74) is 1.05. The number of halogens is 1. The Morgan fingerprint density at radius 3 is 2.71 bits per heavy atom. The number of furan rings is 1. The lowest BCUT2D eigenvalue weighted by molar-refractivity contribution is 0.0992. The van der Waals surface area contributed by atoms with Crippen LogP contribution in [0.2, 0.25) is 5.02 Å². The van der Waals surface area contributed by atoms with Gasteiger partial charge in [0.15, 0.2) is 11.6 Å². The molecule has 7 nitrogen and oxygen atoms in total.